The molecule has 0 aliphatic heterocycles. The van der Waals surface area contributed by atoms with Gasteiger partial charge in [0.25, 0.3) is 0 Å². The molecule has 0 bridgehead atoms. The molecule has 10 atom stereocenters. The minimum Gasteiger partial charge on any atom is -0.469 e. The van der Waals surface area contributed by atoms with Crippen molar-refractivity contribution in [1.29, 1.82) is 0 Å². The number of carbonyl (C=O) groups is 2. The minimum absolute atomic E-state index is 0.0229. The van der Waals surface area contributed by atoms with Crippen molar-refractivity contribution in [3.63, 3.8) is 0 Å². The standard InChI is InChI=1S/C27H44O5/c1-16(6-9-24(30)31-5)20-7-8-21-25-22(11-13-27(20,21)4)26(3)12-10-19(32-17(2)28)14-18(26)15-23(25)29/h16,18-23,25,29H,6-15H2,1-5H3/t16-,18+,19-,20?,21+,22+,23+,25+,26+,27-/m1/s1. The molecule has 4 aliphatic rings. The van der Waals surface area contributed by atoms with Gasteiger partial charge < -0.3 is 14.6 Å². The van der Waals surface area contributed by atoms with Crippen LogP contribution >= 0.6 is 0 Å². The maximum atomic E-state index is 11.7. The molecule has 0 amide bonds. The van der Waals surface area contributed by atoms with Crippen molar-refractivity contribution >= 4 is 11.9 Å². The number of carbonyl (C=O) groups excluding carboxylic acids is 2. The van der Waals surface area contributed by atoms with Gasteiger partial charge in [-0.2, -0.15) is 0 Å². The summed E-state index contributed by atoms with van der Waals surface area (Å²) >= 11 is 0. The lowest BCUT2D eigenvalue weighted by Crippen LogP contribution is -2.58. The highest BCUT2D eigenvalue weighted by Gasteiger charge is 2.63. The molecule has 182 valence electrons. The van der Waals surface area contributed by atoms with E-state index in [-0.39, 0.29) is 35.0 Å². The van der Waals surface area contributed by atoms with Gasteiger partial charge in [0, 0.05) is 13.3 Å². The van der Waals surface area contributed by atoms with E-state index in [4.69, 9.17) is 9.47 Å². The first-order valence-electron chi connectivity index (χ1n) is 13.0. The maximum absolute atomic E-state index is 11.7. The zero-order chi connectivity index (χ0) is 23.3. The highest BCUT2D eigenvalue weighted by molar-refractivity contribution is 5.69. The van der Waals surface area contributed by atoms with Gasteiger partial charge in [-0.15, -0.1) is 0 Å². The Kier molecular flexibility index (Phi) is 6.70. The predicted octanol–water partition coefficient (Wildman–Crippen LogP) is 5.14. The molecule has 1 unspecified atom stereocenters. The van der Waals surface area contributed by atoms with Crippen molar-refractivity contribution in [1.82, 2.24) is 0 Å². The Morgan fingerprint density at radius 2 is 1.72 bits per heavy atom. The predicted molar refractivity (Wildman–Crippen MR) is 123 cm³/mol. The monoisotopic (exact) mass is 448 g/mol. The Labute approximate surface area is 194 Å². The van der Waals surface area contributed by atoms with Gasteiger partial charge in [-0.05, 0) is 104 Å². The summed E-state index contributed by atoms with van der Waals surface area (Å²) in [5.41, 5.74) is 0.506. The van der Waals surface area contributed by atoms with Crippen molar-refractivity contribution in [2.45, 2.75) is 104 Å². The molecule has 0 radical (unpaired) electrons. The lowest BCUT2D eigenvalue weighted by atomic mass is 9.43. The van der Waals surface area contributed by atoms with Crippen molar-refractivity contribution in [2.24, 2.45) is 46.3 Å². The molecule has 0 aromatic heterocycles. The third-order valence-corrected chi connectivity index (χ3v) is 10.8. The highest BCUT2D eigenvalue weighted by Crippen LogP contribution is 2.68. The Hall–Kier alpha value is -1.10. The first kappa shape index (κ1) is 24.0. The Morgan fingerprint density at radius 1 is 1.03 bits per heavy atom. The average molecular weight is 449 g/mol. The number of aliphatic hydroxyl groups is 1. The van der Waals surface area contributed by atoms with Crippen molar-refractivity contribution in [2.75, 3.05) is 7.11 Å². The van der Waals surface area contributed by atoms with Crippen LogP contribution in [0.2, 0.25) is 0 Å². The summed E-state index contributed by atoms with van der Waals surface area (Å²) in [7, 11) is 1.47. The molecule has 0 aromatic carbocycles. The fourth-order valence-electron chi connectivity index (χ4n) is 9.15. The van der Waals surface area contributed by atoms with E-state index < -0.39 is 0 Å². The third-order valence-electron chi connectivity index (χ3n) is 10.8. The number of fused-ring (bicyclic) bond motifs is 5. The molecular formula is C27H44O5. The van der Waals surface area contributed by atoms with E-state index >= 15 is 0 Å². The average Bonchev–Trinajstić information content (AvgIpc) is 3.09. The summed E-state index contributed by atoms with van der Waals surface area (Å²) in [6.45, 7) is 8.78. The van der Waals surface area contributed by atoms with Crippen LogP contribution in [0.5, 0.6) is 0 Å². The molecule has 5 heteroatoms. The van der Waals surface area contributed by atoms with Crippen LogP contribution in [0.25, 0.3) is 0 Å². The largest absolute Gasteiger partial charge is 0.469 e. The molecule has 1 N–H and O–H groups in total. The van der Waals surface area contributed by atoms with Crippen LogP contribution in [0.3, 0.4) is 0 Å². The van der Waals surface area contributed by atoms with Crippen LogP contribution in [-0.2, 0) is 19.1 Å². The first-order valence-corrected chi connectivity index (χ1v) is 13.0. The fourth-order valence-corrected chi connectivity index (χ4v) is 9.15. The number of ether oxygens (including phenoxy) is 2. The second-order valence-corrected chi connectivity index (χ2v) is 12.1. The van der Waals surface area contributed by atoms with Gasteiger partial charge in [-0.25, -0.2) is 0 Å². The van der Waals surface area contributed by atoms with Crippen LogP contribution in [0, 0.1) is 46.3 Å². The van der Waals surface area contributed by atoms with E-state index in [0.717, 1.165) is 32.1 Å². The van der Waals surface area contributed by atoms with Crippen molar-refractivity contribution < 1.29 is 24.2 Å². The normalized spacial score (nSPS) is 46.4. The van der Waals surface area contributed by atoms with E-state index in [1.807, 2.05) is 0 Å². The Morgan fingerprint density at radius 3 is 2.41 bits per heavy atom. The summed E-state index contributed by atoms with van der Waals surface area (Å²) in [5.74, 6) is 2.81. The minimum atomic E-state index is -0.247. The van der Waals surface area contributed by atoms with Crippen LogP contribution in [0.15, 0.2) is 0 Å². The lowest BCUT2D eigenvalue weighted by molar-refractivity contribution is -0.182. The molecule has 0 saturated heterocycles. The van der Waals surface area contributed by atoms with E-state index in [1.165, 1.54) is 39.7 Å². The summed E-state index contributed by atoms with van der Waals surface area (Å²) in [6, 6.07) is 0. The van der Waals surface area contributed by atoms with Gasteiger partial charge in [0.1, 0.15) is 6.10 Å². The van der Waals surface area contributed by atoms with E-state index in [9.17, 15) is 14.7 Å². The molecule has 5 nitrogen and oxygen atoms in total. The van der Waals surface area contributed by atoms with Gasteiger partial charge in [0.05, 0.1) is 13.2 Å². The number of aliphatic hydroxyl groups excluding tert-OH is 1. The van der Waals surface area contributed by atoms with E-state index in [1.54, 1.807) is 0 Å². The Bertz CT molecular complexity index is 721. The van der Waals surface area contributed by atoms with Gasteiger partial charge in [0.15, 0.2) is 0 Å². The van der Waals surface area contributed by atoms with Crippen LogP contribution in [0.4, 0.5) is 0 Å². The molecule has 0 spiro atoms. The first-order chi connectivity index (χ1) is 15.1. The molecule has 4 fully saturated rings. The van der Waals surface area contributed by atoms with Crippen LogP contribution in [-0.4, -0.2) is 36.4 Å². The van der Waals surface area contributed by atoms with Gasteiger partial charge in [0.2, 0.25) is 0 Å². The van der Waals surface area contributed by atoms with Crippen molar-refractivity contribution in [3.8, 4) is 0 Å². The quantitative estimate of drug-likeness (QED) is 0.590. The highest BCUT2D eigenvalue weighted by atomic mass is 16.5. The second-order valence-electron chi connectivity index (χ2n) is 12.1. The summed E-state index contributed by atoms with van der Waals surface area (Å²) in [4.78, 5) is 23.2. The zero-order valence-corrected chi connectivity index (χ0v) is 20.8. The molecule has 32 heavy (non-hydrogen) atoms. The van der Waals surface area contributed by atoms with E-state index in [2.05, 4.69) is 20.8 Å². The molecular weight excluding hydrogens is 404 g/mol. The Balaban J connectivity index is 1.49. The van der Waals surface area contributed by atoms with Gasteiger partial charge >= 0.3 is 11.9 Å². The van der Waals surface area contributed by atoms with Crippen LogP contribution < -0.4 is 0 Å². The smallest absolute Gasteiger partial charge is 0.305 e. The number of hydrogen-bond acceptors (Lipinski definition) is 5. The van der Waals surface area contributed by atoms with Crippen LogP contribution in [0.1, 0.15) is 91.9 Å². The van der Waals surface area contributed by atoms with Crippen molar-refractivity contribution in [3.05, 3.63) is 0 Å². The number of methoxy groups -OCH3 is 1. The molecule has 0 aromatic rings. The summed E-state index contributed by atoms with van der Waals surface area (Å²) < 4.78 is 10.4. The molecule has 4 saturated carbocycles. The maximum Gasteiger partial charge on any atom is 0.305 e. The number of hydrogen-bond donors (Lipinski definition) is 1. The van der Waals surface area contributed by atoms with E-state index in [0.29, 0.717) is 41.9 Å². The molecule has 0 heterocycles. The third kappa shape index (κ3) is 4.01. The zero-order valence-electron chi connectivity index (χ0n) is 20.8. The number of rotatable bonds is 5. The summed E-state index contributed by atoms with van der Waals surface area (Å²) in [6.07, 6.45) is 9.85. The summed E-state index contributed by atoms with van der Waals surface area (Å²) in [5, 5.41) is 11.5. The lowest BCUT2D eigenvalue weighted by Gasteiger charge is -2.62. The van der Waals surface area contributed by atoms with Gasteiger partial charge in [-0.3, -0.25) is 9.59 Å². The molecule has 4 aliphatic carbocycles. The SMILES string of the molecule is COC(=O)CC[C@@H](C)C1CC[C@H]2[C@@H]3[C@@H](O)C[C@@H]4C[C@H](OC(C)=O)CC[C@]4(C)[C@H]3CC[C@]12C. The second kappa shape index (κ2) is 8.92. The number of esters is 2. The molecule has 4 rings (SSSR count). The topological polar surface area (TPSA) is 72.8 Å². The fraction of sp³-hybridized carbons (Fsp3) is 0.926. The van der Waals surface area contributed by atoms with Gasteiger partial charge in [-0.1, -0.05) is 20.8 Å².